The summed E-state index contributed by atoms with van der Waals surface area (Å²) in [6.45, 7) is 6.99. The molecule has 1 aromatic heterocycles. The first-order valence-corrected chi connectivity index (χ1v) is 10.8. The number of ketones is 1. The van der Waals surface area contributed by atoms with Gasteiger partial charge in [-0.05, 0) is 30.0 Å². The van der Waals surface area contributed by atoms with Crippen molar-refractivity contribution in [2.24, 2.45) is 5.41 Å². The average molecular weight is 424 g/mol. The Kier molecular flexibility index (Phi) is 5.81. The van der Waals surface area contributed by atoms with Gasteiger partial charge in [-0.25, -0.2) is 0 Å². The largest absolute Gasteiger partial charge is 0.395 e. The van der Waals surface area contributed by atoms with Crippen LogP contribution in [0.2, 0.25) is 0 Å². The number of fused-ring (bicyclic) bond motifs is 1. The summed E-state index contributed by atoms with van der Waals surface area (Å²) in [5.74, 6) is -0.364. The zero-order chi connectivity index (χ0) is 22.2. The van der Waals surface area contributed by atoms with Crippen molar-refractivity contribution in [1.29, 1.82) is 0 Å². The number of rotatable bonds is 4. The standard InChI is InChI=1S/C24H29N3O4/c1-24(2)15-20-18(21(29)16-24)14-19(23(31)27(20)17-6-4-3-5-7-17)22(30)26-10-8-25(9-11-26)12-13-28/h3-7,14,28H,8-13,15-16H2,1-2H3. The number of aliphatic hydroxyl groups is 1. The first-order chi connectivity index (χ1) is 14.8. The minimum absolute atomic E-state index is 0.0299. The van der Waals surface area contributed by atoms with Crippen LogP contribution in [0.3, 0.4) is 0 Å². The number of hydrogen-bond donors (Lipinski definition) is 1. The number of pyridine rings is 1. The zero-order valence-corrected chi connectivity index (χ0v) is 18.1. The van der Waals surface area contributed by atoms with Crippen LogP contribution in [0.4, 0.5) is 0 Å². The van der Waals surface area contributed by atoms with Crippen molar-refractivity contribution >= 4 is 11.7 Å². The second kappa shape index (κ2) is 8.40. The number of hydrogen-bond acceptors (Lipinski definition) is 5. The SMILES string of the molecule is CC1(C)CC(=O)c2cc(C(=O)N3CCN(CCO)CC3)c(=O)n(-c3ccccc3)c2C1. The van der Waals surface area contributed by atoms with Gasteiger partial charge in [0.15, 0.2) is 5.78 Å². The highest BCUT2D eigenvalue weighted by Crippen LogP contribution is 2.35. The van der Waals surface area contributed by atoms with Gasteiger partial charge in [-0.15, -0.1) is 0 Å². The summed E-state index contributed by atoms with van der Waals surface area (Å²) in [7, 11) is 0. The molecule has 2 heterocycles. The fourth-order valence-electron chi connectivity index (χ4n) is 4.60. The van der Waals surface area contributed by atoms with Crippen LogP contribution in [0.5, 0.6) is 0 Å². The Labute approximate surface area is 181 Å². The number of Topliss-reactive ketones (excluding diaryl/α,β-unsaturated/α-hetero) is 1. The maximum absolute atomic E-state index is 13.6. The molecule has 31 heavy (non-hydrogen) atoms. The second-order valence-corrected chi connectivity index (χ2v) is 9.19. The lowest BCUT2D eigenvalue weighted by atomic mass is 9.75. The molecule has 1 fully saturated rings. The van der Waals surface area contributed by atoms with Gasteiger partial charge in [0.2, 0.25) is 0 Å². The van der Waals surface area contributed by atoms with Gasteiger partial charge in [0.25, 0.3) is 11.5 Å². The van der Waals surface area contributed by atoms with Crippen LogP contribution in [0.25, 0.3) is 5.69 Å². The fourth-order valence-corrected chi connectivity index (χ4v) is 4.60. The highest BCUT2D eigenvalue weighted by molar-refractivity contribution is 6.02. The van der Waals surface area contributed by atoms with Crippen LogP contribution in [-0.4, -0.2) is 70.5 Å². The summed E-state index contributed by atoms with van der Waals surface area (Å²) < 4.78 is 1.56. The molecule has 0 bridgehead atoms. The van der Waals surface area contributed by atoms with Crippen LogP contribution in [0, 0.1) is 5.41 Å². The summed E-state index contributed by atoms with van der Waals surface area (Å²) in [6.07, 6.45) is 0.979. The minimum atomic E-state index is -0.377. The highest BCUT2D eigenvalue weighted by Gasteiger charge is 2.35. The summed E-state index contributed by atoms with van der Waals surface area (Å²) in [6, 6.07) is 10.7. The number of para-hydroxylation sites is 1. The van der Waals surface area contributed by atoms with Crippen molar-refractivity contribution < 1.29 is 14.7 Å². The molecular weight excluding hydrogens is 394 g/mol. The maximum atomic E-state index is 13.6. The predicted octanol–water partition coefficient (Wildman–Crippen LogP) is 1.74. The number of nitrogens with zero attached hydrogens (tertiary/aromatic N) is 3. The Morgan fingerprint density at radius 3 is 2.35 bits per heavy atom. The minimum Gasteiger partial charge on any atom is -0.395 e. The molecule has 1 aliphatic carbocycles. The molecule has 0 spiro atoms. The van der Waals surface area contributed by atoms with E-state index in [2.05, 4.69) is 4.90 Å². The first kappa shape index (κ1) is 21.5. The molecule has 2 aliphatic rings. The quantitative estimate of drug-likeness (QED) is 0.810. The first-order valence-electron chi connectivity index (χ1n) is 10.8. The van der Waals surface area contributed by atoms with E-state index in [-0.39, 0.29) is 34.8 Å². The van der Waals surface area contributed by atoms with E-state index in [4.69, 9.17) is 5.11 Å². The Morgan fingerprint density at radius 2 is 1.71 bits per heavy atom. The van der Waals surface area contributed by atoms with Gasteiger partial charge in [-0.1, -0.05) is 32.0 Å². The number of carbonyl (C=O) groups is 2. The monoisotopic (exact) mass is 423 g/mol. The van der Waals surface area contributed by atoms with E-state index in [1.54, 1.807) is 9.47 Å². The molecular formula is C24H29N3O4. The number of carbonyl (C=O) groups excluding carboxylic acids is 2. The summed E-state index contributed by atoms with van der Waals surface area (Å²) >= 11 is 0. The molecule has 0 unspecified atom stereocenters. The number of benzene rings is 1. The van der Waals surface area contributed by atoms with Gasteiger partial charge >= 0.3 is 0 Å². The van der Waals surface area contributed by atoms with E-state index in [0.717, 1.165) is 0 Å². The molecule has 7 nitrogen and oxygen atoms in total. The third-order valence-corrected chi connectivity index (χ3v) is 6.21. The summed E-state index contributed by atoms with van der Waals surface area (Å²) in [4.78, 5) is 43.6. The topological polar surface area (TPSA) is 82.9 Å². The number of amides is 1. The Bertz CT molecular complexity index is 1050. The van der Waals surface area contributed by atoms with Gasteiger partial charge in [0, 0.05) is 56.1 Å². The number of aromatic nitrogens is 1. The number of β-amino-alcohol motifs (C(OH)–C–C–N with tert-alkyl or cyclic N) is 1. The normalized spacial score (nSPS) is 18.7. The molecule has 1 aliphatic heterocycles. The van der Waals surface area contributed by atoms with E-state index in [0.29, 0.717) is 62.5 Å². The van der Waals surface area contributed by atoms with E-state index >= 15 is 0 Å². The molecule has 0 saturated carbocycles. The lowest BCUT2D eigenvalue weighted by Gasteiger charge is -2.35. The molecule has 0 atom stereocenters. The Balaban J connectivity index is 1.78. The lowest BCUT2D eigenvalue weighted by Crippen LogP contribution is -2.50. The zero-order valence-electron chi connectivity index (χ0n) is 18.1. The van der Waals surface area contributed by atoms with Crippen LogP contribution < -0.4 is 5.56 Å². The number of aliphatic hydroxyl groups excluding tert-OH is 1. The van der Waals surface area contributed by atoms with E-state index in [1.807, 2.05) is 44.2 Å². The summed E-state index contributed by atoms with van der Waals surface area (Å²) in [5.41, 5.74) is 1.25. The van der Waals surface area contributed by atoms with E-state index < -0.39 is 0 Å². The van der Waals surface area contributed by atoms with Crippen molar-refractivity contribution in [2.75, 3.05) is 39.3 Å². The molecule has 0 radical (unpaired) electrons. The van der Waals surface area contributed by atoms with Crippen molar-refractivity contribution in [3.05, 3.63) is 63.6 Å². The molecule has 2 aromatic rings. The van der Waals surface area contributed by atoms with Crippen molar-refractivity contribution in [3.8, 4) is 5.69 Å². The molecule has 1 N–H and O–H groups in total. The van der Waals surface area contributed by atoms with Crippen LogP contribution in [0.15, 0.2) is 41.2 Å². The van der Waals surface area contributed by atoms with Gasteiger partial charge in [0.1, 0.15) is 5.56 Å². The molecule has 1 amide bonds. The average Bonchev–Trinajstić information content (AvgIpc) is 2.74. The predicted molar refractivity (Wildman–Crippen MR) is 118 cm³/mol. The van der Waals surface area contributed by atoms with E-state index in [1.165, 1.54) is 6.07 Å². The van der Waals surface area contributed by atoms with Gasteiger partial charge in [-0.3, -0.25) is 23.9 Å². The third kappa shape index (κ3) is 4.20. The van der Waals surface area contributed by atoms with E-state index in [9.17, 15) is 14.4 Å². The third-order valence-electron chi connectivity index (χ3n) is 6.21. The number of piperazine rings is 1. The second-order valence-electron chi connectivity index (χ2n) is 9.19. The maximum Gasteiger partial charge on any atom is 0.268 e. The molecule has 7 heteroatoms. The molecule has 1 aromatic carbocycles. The Hall–Kier alpha value is -2.77. The van der Waals surface area contributed by atoms with Gasteiger partial charge in [-0.2, -0.15) is 0 Å². The van der Waals surface area contributed by atoms with Gasteiger partial charge in [0.05, 0.1) is 6.61 Å². The lowest BCUT2D eigenvalue weighted by molar-refractivity contribution is 0.0613. The van der Waals surface area contributed by atoms with Crippen molar-refractivity contribution in [1.82, 2.24) is 14.4 Å². The fraction of sp³-hybridized carbons (Fsp3) is 0.458. The Morgan fingerprint density at radius 1 is 1.03 bits per heavy atom. The smallest absolute Gasteiger partial charge is 0.268 e. The molecule has 1 saturated heterocycles. The highest BCUT2D eigenvalue weighted by atomic mass is 16.3. The van der Waals surface area contributed by atoms with Crippen molar-refractivity contribution in [2.45, 2.75) is 26.7 Å². The van der Waals surface area contributed by atoms with Crippen LogP contribution in [0.1, 0.15) is 46.7 Å². The van der Waals surface area contributed by atoms with Crippen LogP contribution in [-0.2, 0) is 6.42 Å². The molecule has 4 rings (SSSR count). The van der Waals surface area contributed by atoms with Gasteiger partial charge < -0.3 is 10.0 Å². The van der Waals surface area contributed by atoms with Crippen LogP contribution >= 0.6 is 0 Å². The molecule has 164 valence electrons. The van der Waals surface area contributed by atoms with Crippen molar-refractivity contribution in [3.63, 3.8) is 0 Å². The summed E-state index contributed by atoms with van der Waals surface area (Å²) in [5, 5.41) is 9.12.